The highest BCUT2D eigenvalue weighted by atomic mass is 19.4. The van der Waals surface area contributed by atoms with Crippen molar-refractivity contribution in [2.75, 3.05) is 49.5 Å². The van der Waals surface area contributed by atoms with Gasteiger partial charge in [-0.05, 0) is 42.5 Å². The second kappa shape index (κ2) is 22.7. The largest absolute Gasteiger partial charge is 0.490 e. The summed E-state index contributed by atoms with van der Waals surface area (Å²) in [5.74, 6) is -3.74. The van der Waals surface area contributed by atoms with E-state index in [-0.39, 0.29) is 54.8 Å². The Bertz CT molecular complexity index is 2420. The van der Waals surface area contributed by atoms with Crippen molar-refractivity contribution in [3.8, 4) is 0 Å². The van der Waals surface area contributed by atoms with Gasteiger partial charge in [0.05, 0.1) is 18.4 Å². The molecule has 23 heteroatoms. The lowest BCUT2D eigenvalue weighted by Crippen LogP contribution is -2.49. The zero-order valence-electron chi connectivity index (χ0n) is 36.1. The van der Waals surface area contributed by atoms with Crippen LogP contribution < -0.4 is 31.5 Å². The number of anilines is 2. The number of aliphatic hydroxyl groups is 2. The minimum Gasteiger partial charge on any atom is -0.475 e. The number of rotatable bonds is 15. The minimum absolute atomic E-state index is 0.00521. The number of pyridine rings is 1. The van der Waals surface area contributed by atoms with E-state index in [0.717, 1.165) is 42.9 Å². The Hall–Kier alpha value is -7.40. The van der Waals surface area contributed by atoms with E-state index in [1.807, 2.05) is 78.9 Å². The number of hydrogen-bond donors (Lipinski definition) is 8. The molecule has 1 saturated heterocycles. The molecule has 67 heavy (non-hydrogen) atoms. The van der Waals surface area contributed by atoms with Gasteiger partial charge < -0.3 is 56.1 Å². The van der Waals surface area contributed by atoms with Crippen molar-refractivity contribution in [1.29, 1.82) is 0 Å². The predicted octanol–water partition coefficient (Wildman–Crippen LogP) is 2.51. The number of aliphatic hydroxyl groups excluding tert-OH is 2. The van der Waals surface area contributed by atoms with Crippen LogP contribution in [0, 0.1) is 0 Å². The van der Waals surface area contributed by atoms with Crippen molar-refractivity contribution in [3.05, 3.63) is 108 Å². The number of fused-ring (bicyclic) bond motifs is 1. The van der Waals surface area contributed by atoms with Crippen molar-refractivity contribution < 1.29 is 57.2 Å². The lowest BCUT2D eigenvalue weighted by molar-refractivity contribution is -0.192. The topological polar surface area (TPSA) is 275 Å². The summed E-state index contributed by atoms with van der Waals surface area (Å²) in [5.41, 5.74) is 2.64. The second-order valence-electron chi connectivity index (χ2n) is 15.6. The predicted molar refractivity (Wildman–Crippen MR) is 235 cm³/mol. The molecule has 0 radical (unpaired) electrons. The number of amides is 4. The van der Waals surface area contributed by atoms with Crippen molar-refractivity contribution in [2.24, 2.45) is 0 Å². The maximum atomic E-state index is 13.7. The molecule has 1 aliphatic carbocycles. The number of halogens is 3. The number of alkyl halides is 3. The third-order valence-corrected chi connectivity index (χ3v) is 11.0. The van der Waals surface area contributed by atoms with E-state index < -0.39 is 60.8 Å². The Morgan fingerprint density at radius 1 is 0.836 bits per heavy atom. The quantitative estimate of drug-likeness (QED) is 0.0554. The molecule has 20 nitrogen and oxygen atoms in total. The molecule has 2 aliphatic rings. The van der Waals surface area contributed by atoms with Gasteiger partial charge in [0.1, 0.15) is 23.5 Å². The third kappa shape index (κ3) is 13.3. The highest BCUT2D eigenvalue weighted by Crippen LogP contribution is 2.35. The third-order valence-electron chi connectivity index (χ3n) is 11.0. The Kier molecular flexibility index (Phi) is 16.6. The number of nitrogens with zero attached hydrogens (tertiary/aromatic N) is 6. The number of carbonyl (C=O) groups excluding carboxylic acids is 4. The van der Waals surface area contributed by atoms with Gasteiger partial charge in [0.2, 0.25) is 5.82 Å². The van der Waals surface area contributed by atoms with E-state index in [1.165, 1.54) is 13.3 Å². The summed E-state index contributed by atoms with van der Waals surface area (Å²) in [6.45, 7) is 2.78. The molecule has 1 saturated carbocycles. The first kappa shape index (κ1) is 49.0. The number of urea groups is 1. The maximum Gasteiger partial charge on any atom is 0.490 e. The number of carboxylic acids is 1. The van der Waals surface area contributed by atoms with Crippen LogP contribution in [0.4, 0.5) is 29.6 Å². The van der Waals surface area contributed by atoms with Crippen LogP contribution in [0.2, 0.25) is 0 Å². The highest BCUT2D eigenvalue weighted by Gasteiger charge is 2.44. The summed E-state index contributed by atoms with van der Waals surface area (Å²) < 4.78 is 38.1. The van der Waals surface area contributed by atoms with E-state index >= 15 is 0 Å². The second-order valence-corrected chi connectivity index (χ2v) is 15.6. The van der Waals surface area contributed by atoms with Crippen molar-refractivity contribution >= 4 is 52.6 Å². The number of carbonyl (C=O) groups is 5. The molecule has 8 N–H and O–H groups in total. The summed E-state index contributed by atoms with van der Waals surface area (Å²) in [7, 11) is 0. The number of benzene rings is 2. The van der Waals surface area contributed by atoms with Crippen LogP contribution in [0.5, 0.6) is 0 Å². The number of aliphatic carboxylic acids is 1. The molecule has 5 aromatic rings. The maximum absolute atomic E-state index is 13.7. The Morgan fingerprint density at radius 3 is 2.06 bits per heavy atom. The molecule has 2 fully saturated rings. The van der Waals surface area contributed by atoms with E-state index in [4.69, 9.17) is 14.6 Å². The molecular formula is C44H50F3N11O9. The summed E-state index contributed by atoms with van der Waals surface area (Å²) in [6, 6.07) is 23.7. The monoisotopic (exact) mass is 933 g/mol. The van der Waals surface area contributed by atoms with E-state index in [9.17, 15) is 42.6 Å². The Balaban J connectivity index is 0.000000980. The van der Waals surface area contributed by atoms with Gasteiger partial charge in [-0.15, -0.1) is 0 Å². The molecule has 0 unspecified atom stereocenters. The summed E-state index contributed by atoms with van der Waals surface area (Å²) in [4.78, 5) is 79.4. The van der Waals surface area contributed by atoms with Gasteiger partial charge in [-0.2, -0.15) is 13.2 Å². The number of carboxylic acid groups (broad SMARTS) is 1. The molecule has 7 rings (SSSR count). The molecule has 0 bridgehead atoms. The summed E-state index contributed by atoms with van der Waals surface area (Å²) in [6.07, 6.45) is -2.96. The fraction of sp³-hybridized carbons (Fsp3) is 0.386. The van der Waals surface area contributed by atoms with Crippen LogP contribution >= 0.6 is 0 Å². The molecule has 1 aliphatic heterocycles. The van der Waals surface area contributed by atoms with Gasteiger partial charge in [-0.1, -0.05) is 66.7 Å². The summed E-state index contributed by atoms with van der Waals surface area (Å²) in [5, 5.41) is 43.9. The van der Waals surface area contributed by atoms with Crippen LogP contribution in [0.15, 0.2) is 91.4 Å². The fourth-order valence-electron chi connectivity index (χ4n) is 7.69. The van der Waals surface area contributed by atoms with Crippen LogP contribution in [0.1, 0.15) is 59.9 Å². The lowest BCUT2D eigenvalue weighted by Gasteiger charge is -2.33. The molecule has 4 atom stereocenters. The van der Waals surface area contributed by atoms with Gasteiger partial charge in [0, 0.05) is 57.8 Å². The van der Waals surface area contributed by atoms with E-state index in [2.05, 4.69) is 51.4 Å². The van der Waals surface area contributed by atoms with Crippen LogP contribution in [0.3, 0.4) is 0 Å². The Morgan fingerprint density at radius 2 is 1.46 bits per heavy atom. The lowest BCUT2D eigenvalue weighted by atomic mass is 9.91. The van der Waals surface area contributed by atoms with E-state index in [1.54, 1.807) is 10.8 Å². The van der Waals surface area contributed by atoms with Crippen molar-refractivity contribution in [1.82, 2.24) is 45.8 Å². The van der Waals surface area contributed by atoms with Gasteiger partial charge in [0.25, 0.3) is 11.8 Å². The molecule has 4 heterocycles. The molecular weight excluding hydrogens is 884 g/mol. The first-order valence-corrected chi connectivity index (χ1v) is 21.2. The van der Waals surface area contributed by atoms with Crippen LogP contribution in [-0.2, 0) is 19.1 Å². The number of nitrogens with one attached hydrogen (secondary N) is 5. The molecule has 356 valence electrons. The van der Waals surface area contributed by atoms with Crippen molar-refractivity contribution in [2.45, 2.75) is 68.6 Å². The Labute approximate surface area is 381 Å². The van der Waals surface area contributed by atoms with Crippen LogP contribution in [0.25, 0.3) is 11.2 Å². The van der Waals surface area contributed by atoms with E-state index in [0.29, 0.717) is 12.1 Å². The highest BCUT2D eigenvalue weighted by molar-refractivity contribution is 5.94. The minimum atomic E-state index is -5.08. The number of esters is 1. The number of aromatic nitrogens is 5. The van der Waals surface area contributed by atoms with Gasteiger partial charge >= 0.3 is 24.1 Å². The smallest absolute Gasteiger partial charge is 0.475 e. The molecule has 3 aromatic heterocycles. The van der Waals surface area contributed by atoms with Crippen LogP contribution in [-0.4, -0.2) is 139 Å². The number of ether oxygens (including phenoxy) is 1. The zero-order valence-corrected chi connectivity index (χ0v) is 36.1. The molecule has 4 amide bonds. The first-order chi connectivity index (χ1) is 32.1. The van der Waals surface area contributed by atoms with Gasteiger partial charge in [0.15, 0.2) is 18.1 Å². The normalized spacial score (nSPS) is 18.3. The number of piperidine rings is 1. The zero-order chi connectivity index (χ0) is 48.1. The fourth-order valence-corrected chi connectivity index (χ4v) is 7.69. The average Bonchev–Trinajstić information content (AvgIpc) is 3.87. The number of hydrogen-bond acceptors (Lipinski definition) is 14. The van der Waals surface area contributed by atoms with Gasteiger partial charge in [-0.3, -0.25) is 14.4 Å². The SMILES string of the molecule is CC(=O)OCC(=O)N[C@H]1C[C@@H](n2cnc3c(NCC(c4ccccc4)c4ccccc4)nc(C(=O)NCCNC(=O)NC4CCN(c5ccccn5)CC4)nc32)[C@H](O)[C@@H]1O.O=C(O)C(F)(F)F. The average molecular weight is 934 g/mol. The first-order valence-electron chi connectivity index (χ1n) is 21.2. The standard InChI is InChI=1S/C42H49N11O7.C2HF3O2/c1-26(54)60-24-34(55)49-31-22-32(37(57)36(31)56)53-25-47-35-38(46-23-30(27-10-4-2-5-11-27)28-12-6-3-7-13-28)50-39(51-40(35)53)41(58)44-18-19-45-42(59)48-29-15-20-52(21-16-29)33-14-8-9-17-43-33;3-2(4,5)1(6)7/h2-14,17,25,29-32,36-37,56-57H,15-16,18-24H2,1H3,(H,44,58)(H,49,55)(H2,45,48,59)(H,46,50,51);(H,6,7)/t31-,32+,36+,37-;/m0./s1. The van der Waals surface area contributed by atoms with Gasteiger partial charge in [-0.25, -0.2) is 29.5 Å². The van der Waals surface area contributed by atoms with Crippen molar-refractivity contribution in [3.63, 3.8) is 0 Å². The molecule has 0 spiro atoms. The molecule has 2 aromatic carbocycles. The summed E-state index contributed by atoms with van der Waals surface area (Å²) >= 11 is 0. The number of imidazole rings is 1.